The second kappa shape index (κ2) is 10.9. The van der Waals surface area contributed by atoms with Gasteiger partial charge in [-0.05, 0) is 72.5 Å². The molecular weight excluding hydrogens is 357 g/mol. The number of halogens is 1. The zero-order valence-electron chi connectivity index (χ0n) is 17.5. The summed E-state index contributed by atoms with van der Waals surface area (Å²) in [5, 5.41) is 0. The van der Waals surface area contributed by atoms with Gasteiger partial charge in [0.05, 0.1) is 0 Å². The number of nitrogens with two attached hydrogens (primary N) is 1. The van der Waals surface area contributed by atoms with Crippen LogP contribution in [0.1, 0.15) is 50.2 Å². The molecule has 0 aliphatic rings. The lowest BCUT2D eigenvalue weighted by atomic mass is 9.97. The van der Waals surface area contributed by atoms with Gasteiger partial charge in [0.1, 0.15) is 5.82 Å². The summed E-state index contributed by atoms with van der Waals surface area (Å²) in [5.41, 5.74) is 11.7. The van der Waals surface area contributed by atoms with Gasteiger partial charge in [-0.1, -0.05) is 80.4 Å². The predicted octanol–water partition coefficient (Wildman–Crippen LogP) is 7.17. The van der Waals surface area contributed by atoms with Crippen LogP contribution in [0.25, 0.3) is 22.3 Å². The minimum absolute atomic E-state index is 0.176. The van der Waals surface area contributed by atoms with Crippen LogP contribution in [0, 0.1) is 5.82 Å². The van der Waals surface area contributed by atoms with Gasteiger partial charge in [-0.2, -0.15) is 0 Å². The van der Waals surface area contributed by atoms with Crippen molar-refractivity contribution in [3.8, 4) is 22.3 Å². The van der Waals surface area contributed by atoms with Gasteiger partial charge in [0.15, 0.2) is 0 Å². The average Bonchev–Trinajstić information content (AvgIpc) is 2.75. The second-order valence-electron chi connectivity index (χ2n) is 7.79. The molecule has 0 unspecified atom stereocenters. The summed E-state index contributed by atoms with van der Waals surface area (Å²) < 4.78 is 14.8. The van der Waals surface area contributed by atoms with Crippen LogP contribution in [0.15, 0.2) is 66.7 Å². The molecule has 0 radical (unpaired) electrons. The highest BCUT2D eigenvalue weighted by Gasteiger charge is 2.08. The van der Waals surface area contributed by atoms with Gasteiger partial charge in [0.2, 0.25) is 0 Å². The number of hydrogen-bond donors (Lipinski definition) is 1. The molecule has 1 nitrogen and oxygen atoms in total. The minimum atomic E-state index is -0.176. The molecule has 0 heterocycles. The SMILES string of the molecule is CCCCCc1ccc(-c2ccc(-c3ccc(CCCCN)cc3)c(F)c2)cc1. The lowest BCUT2D eigenvalue weighted by Gasteiger charge is -2.09. The van der Waals surface area contributed by atoms with E-state index in [4.69, 9.17) is 5.73 Å². The fourth-order valence-electron chi connectivity index (χ4n) is 3.70. The average molecular weight is 390 g/mol. The van der Waals surface area contributed by atoms with Crippen molar-refractivity contribution >= 4 is 0 Å². The summed E-state index contributed by atoms with van der Waals surface area (Å²) in [5.74, 6) is -0.176. The Morgan fingerprint density at radius 2 is 1.21 bits per heavy atom. The maximum Gasteiger partial charge on any atom is 0.131 e. The van der Waals surface area contributed by atoms with Crippen LogP contribution < -0.4 is 5.73 Å². The van der Waals surface area contributed by atoms with Gasteiger partial charge in [-0.3, -0.25) is 0 Å². The van der Waals surface area contributed by atoms with Gasteiger partial charge < -0.3 is 5.73 Å². The topological polar surface area (TPSA) is 26.0 Å². The van der Waals surface area contributed by atoms with Crippen LogP contribution in [0.4, 0.5) is 4.39 Å². The van der Waals surface area contributed by atoms with Gasteiger partial charge in [-0.25, -0.2) is 4.39 Å². The maximum absolute atomic E-state index is 14.8. The quantitative estimate of drug-likeness (QED) is 0.365. The van der Waals surface area contributed by atoms with E-state index in [0.29, 0.717) is 5.56 Å². The van der Waals surface area contributed by atoms with Crippen molar-refractivity contribution in [2.24, 2.45) is 5.73 Å². The zero-order valence-corrected chi connectivity index (χ0v) is 17.5. The van der Waals surface area contributed by atoms with Crippen molar-refractivity contribution < 1.29 is 4.39 Å². The Kier molecular flexibility index (Phi) is 8.01. The monoisotopic (exact) mass is 389 g/mol. The van der Waals surface area contributed by atoms with E-state index >= 15 is 0 Å². The fraction of sp³-hybridized carbons (Fsp3) is 0.333. The lowest BCUT2D eigenvalue weighted by Crippen LogP contribution is -1.98. The van der Waals surface area contributed by atoms with E-state index in [1.54, 1.807) is 6.07 Å². The summed E-state index contributed by atoms with van der Waals surface area (Å²) in [6.07, 6.45) is 8.00. The minimum Gasteiger partial charge on any atom is -0.330 e. The number of unbranched alkanes of at least 4 members (excludes halogenated alkanes) is 3. The van der Waals surface area contributed by atoms with Crippen LogP contribution in [-0.4, -0.2) is 6.54 Å². The molecule has 0 fully saturated rings. The molecular formula is C27H32FN. The van der Waals surface area contributed by atoms with E-state index in [-0.39, 0.29) is 5.82 Å². The molecule has 0 amide bonds. The van der Waals surface area contributed by atoms with Crippen LogP contribution in [0.5, 0.6) is 0 Å². The summed E-state index contributed by atoms with van der Waals surface area (Å²) in [7, 11) is 0. The third-order valence-corrected chi connectivity index (χ3v) is 5.51. The molecule has 0 saturated heterocycles. The smallest absolute Gasteiger partial charge is 0.131 e. The molecule has 3 aromatic carbocycles. The summed E-state index contributed by atoms with van der Waals surface area (Å²) in [6.45, 7) is 2.95. The Balaban J connectivity index is 1.70. The maximum atomic E-state index is 14.8. The first-order valence-corrected chi connectivity index (χ1v) is 10.9. The van der Waals surface area contributed by atoms with Crippen LogP contribution >= 0.6 is 0 Å². The van der Waals surface area contributed by atoms with Crippen LogP contribution in [0.2, 0.25) is 0 Å². The molecule has 0 saturated carbocycles. The molecule has 0 aliphatic carbocycles. The van der Waals surface area contributed by atoms with Gasteiger partial charge in [0, 0.05) is 5.56 Å². The summed E-state index contributed by atoms with van der Waals surface area (Å²) in [4.78, 5) is 0. The highest BCUT2D eigenvalue weighted by molar-refractivity contribution is 5.71. The van der Waals surface area contributed by atoms with E-state index in [0.717, 1.165) is 48.9 Å². The molecule has 0 atom stereocenters. The van der Waals surface area contributed by atoms with Crippen molar-refractivity contribution in [3.63, 3.8) is 0 Å². The van der Waals surface area contributed by atoms with Gasteiger partial charge >= 0.3 is 0 Å². The van der Waals surface area contributed by atoms with E-state index in [9.17, 15) is 4.39 Å². The molecule has 3 aromatic rings. The summed E-state index contributed by atoms with van der Waals surface area (Å²) in [6, 6.07) is 22.3. The zero-order chi connectivity index (χ0) is 20.5. The van der Waals surface area contributed by atoms with Crippen molar-refractivity contribution in [3.05, 3.63) is 83.7 Å². The molecule has 3 rings (SSSR count). The number of aryl methyl sites for hydroxylation is 2. The Morgan fingerprint density at radius 1 is 0.655 bits per heavy atom. The highest BCUT2D eigenvalue weighted by Crippen LogP contribution is 2.29. The first-order chi connectivity index (χ1) is 14.2. The van der Waals surface area contributed by atoms with Gasteiger partial charge in [0.25, 0.3) is 0 Å². The van der Waals surface area contributed by atoms with E-state index in [1.807, 2.05) is 24.3 Å². The van der Waals surface area contributed by atoms with Crippen molar-refractivity contribution in [2.45, 2.75) is 51.9 Å². The first kappa shape index (κ1) is 21.3. The summed E-state index contributed by atoms with van der Waals surface area (Å²) >= 11 is 0. The molecule has 0 aliphatic heterocycles. The Bertz CT molecular complexity index is 881. The third-order valence-electron chi connectivity index (χ3n) is 5.51. The normalized spacial score (nSPS) is 11.0. The molecule has 2 heteroatoms. The van der Waals surface area contributed by atoms with Crippen molar-refractivity contribution in [1.82, 2.24) is 0 Å². The van der Waals surface area contributed by atoms with Gasteiger partial charge in [-0.15, -0.1) is 0 Å². The predicted molar refractivity (Wildman–Crippen MR) is 122 cm³/mol. The van der Waals surface area contributed by atoms with E-state index in [1.165, 1.54) is 30.4 Å². The number of hydrogen-bond acceptors (Lipinski definition) is 1. The second-order valence-corrected chi connectivity index (χ2v) is 7.79. The Hall–Kier alpha value is -2.45. The molecule has 2 N–H and O–H groups in total. The molecule has 29 heavy (non-hydrogen) atoms. The van der Waals surface area contributed by atoms with Crippen LogP contribution in [-0.2, 0) is 12.8 Å². The molecule has 0 bridgehead atoms. The third kappa shape index (κ3) is 6.01. The molecule has 152 valence electrons. The van der Waals surface area contributed by atoms with E-state index < -0.39 is 0 Å². The first-order valence-electron chi connectivity index (χ1n) is 10.9. The largest absolute Gasteiger partial charge is 0.330 e. The molecule has 0 spiro atoms. The lowest BCUT2D eigenvalue weighted by molar-refractivity contribution is 0.632. The number of benzene rings is 3. The number of rotatable bonds is 10. The molecule has 0 aromatic heterocycles. The van der Waals surface area contributed by atoms with Crippen molar-refractivity contribution in [1.29, 1.82) is 0 Å². The Labute approximate surface area is 174 Å². The standard InChI is InChI=1S/C27H32FN/c1-2-3-4-7-21-9-13-23(14-10-21)25-17-18-26(27(28)20-25)24-15-11-22(12-16-24)8-5-6-19-29/h9-18,20H,2-8,19,29H2,1H3. The Morgan fingerprint density at radius 3 is 1.76 bits per heavy atom. The van der Waals surface area contributed by atoms with Crippen LogP contribution in [0.3, 0.4) is 0 Å². The van der Waals surface area contributed by atoms with Crippen molar-refractivity contribution in [2.75, 3.05) is 6.54 Å². The highest BCUT2D eigenvalue weighted by atomic mass is 19.1. The fourth-order valence-corrected chi connectivity index (χ4v) is 3.70. The van der Waals surface area contributed by atoms with E-state index in [2.05, 4.69) is 43.3 Å².